The van der Waals surface area contributed by atoms with Crippen LogP contribution in [0.4, 0.5) is 5.69 Å². The summed E-state index contributed by atoms with van der Waals surface area (Å²) in [4.78, 5) is 15.2. The zero-order chi connectivity index (χ0) is 18.6. The van der Waals surface area contributed by atoms with Crippen LogP contribution in [0.1, 0.15) is 21.8 Å². The maximum Gasteiger partial charge on any atom is 0.191 e. The average molecular weight is 372 g/mol. The first-order valence-electron chi connectivity index (χ1n) is 8.81. The van der Waals surface area contributed by atoms with Crippen LogP contribution in [-0.2, 0) is 0 Å². The summed E-state index contributed by atoms with van der Waals surface area (Å²) in [6, 6.07) is 27.1. The van der Waals surface area contributed by atoms with Crippen molar-refractivity contribution in [2.45, 2.75) is 5.92 Å². The molecule has 0 fully saturated rings. The third-order valence-corrected chi connectivity index (χ3v) is 4.85. The van der Waals surface area contributed by atoms with Crippen LogP contribution >= 0.6 is 11.6 Å². The molecule has 2 nitrogen and oxygen atoms in total. The first-order chi connectivity index (χ1) is 13.2. The molecule has 3 heteroatoms. The number of hydrogen-bond donors (Lipinski definition) is 0. The Morgan fingerprint density at radius 2 is 1.56 bits per heavy atom. The van der Waals surface area contributed by atoms with Crippen molar-refractivity contribution in [3.63, 3.8) is 0 Å². The van der Waals surface area contributed by atoms with Gasteiger partial charge in [-0.1, -0.05) is 84.4 Å². The van der Waals surface area contributed by atoms with Gasteiger partial charge in [-0.25, -0.2) is 0 Å². The molecule has 0 spiro atoms. The molecule has 1 unspecified atom stereocenters. The first kappa shape index (κ1) is 17.3. The highest BCUT2D eigenvalue weighted by Crippen LogP contribution is 2.34. The minimum atomic E-state index is -0.0886. The molecule has 1 aliphatic heterocycles. The Morgan fingerprint density at radius 3 is 2.26 bits per heavy atom. The minimum Gasteiger partial charge on any atom is -0.324 e. The summed E-state index contributed by atoms with van der Waals surface area (Å²) in [7, 11) is 0. The van der Waals surface area contributed by atoms with Gasteiger partial charge in [-0.2, -0.15) is 0 Å². The quantitative estimate of drug-likeness (QED) is 0.507. The van der Waals surface area contributed by atoms with E-state index in [1.54, 1.807) is 0 Å². The van der Waals surface area contributed by atoms with Crippen LogP contribution in [-0.4, -0.2) is 5.78 Å². The second-order valence-corrected chi connectivity index (χ2v) is 6.83. The van der Waals surface area contributed by atoms with E-state index in [1.165, 1.54) is 0 Å². The zero-order valence-corrected chi connectivity index (χ0v) is 15.4. The second kappa shape index (κ2) is 7.65. The second-order valence-electron chi connectivity index (χ2n) is 6.40. The standard InChI is InChI=1S/C24H18ClNO/c25-20-12-7-13-21(16-20)26-15-14-22(18-8-3-1-4-9-18)23(17-26)24(27)19-10-5-2-6-11-19/h1-17,22H. The molecule has 0 aliphatic carbocycles. The summed E-state index contributed by atoms with van der Waals surface area (Å²) in [6.07, 6.45) is 5.97. The largest absolute Gasteiger partial charge is 0.324 e. The zero-order valence-electron chi connectivity index (χ0n) is 14.6. The molecule has 0 bridgehead atoms. The number of hydrogen-bond acceptors (Lipinski definition) is 2. The Labute approximate surface area is 164 Å². The number of benzene rings is 3. The molecule has 3 aromatic rings. The highest BCUT2D eigenvalue weighted by atomic mass is 35.5. The molecule has 1 heterocycles. The van der Waals surface area contributed by atoms with Crippen molar-refractivity contribution in [2.24, 2.45) is 0 Å². The Morgan fingerprint density at radius 1 is 0.852 bits per heavy atom. The SMILES string of the molecule is O=C(C1=CN(c2cccc(Cl)c2)C=CC1c1ccccc1)c1ccccc1. The van der Waals surface area contributed by atoms with Gasteiger partial charge in [0, 0.05) is 40.2 Å². The molecular weight excluding hydrogens is 354 g/mol. The molecule has 1 aliphatic rings. The van der Waals surface area contributed by atoms with E-state index < -0.39 is 0 Å². The van der Waals surface area contributed by atoms with E-state index in [9.17, 15) is 4.79 Å². The molecule has 4 rings (SSSR count). The van der Waals surface area contributed by atoms with E-state index in [0.717, 1.165) is 16.8 Å². The van der Waals surface area contributed by atoms with Gasteiger partial charge in [0.05, 0.1) is 0 Å². The van der Waals surface area contributed by atoms with Crippen LogP contribution in [0.3, 0.4) is 0 Å². The van der Waals surface area contributed by atoms with E-state index in [0.29, 0.717) is 10.6 Å². The van der Waals surface area contributed by atoms with Gasteiger partial charge in [-0.05, 0) is 23.8 Å². The lowest BCUT2D eigenvalue weighted by Gasteiger charge is -2.27. The van der Waals surface area contributed by atoms with Gasteiger partial charge in [-0.3, -0.25) is 4.79 Å². The van der Waals surface area contributed by atoms with Gasteiger partial charge >= 0.3 is 0 Å². The van der Waals surface area contributed by atoms with Crippen LogP contribution in [0, 0.1) is 0 Å². The Hall–Kier alpha value is -3.10. The Balaban J connectivity index is 1.77. The molecule has 0 aromatic heterocycles. The van der Waals surface area contributed by atoms with E-state index >= 15 is 0 Å². The number of rotatable bonds is 4. The van der Waals surface area contributed by atoms with Crippen LogP contribution in [0.2, 0.25) is 5.02 Å². The molecule has 27 heavy (non-hydrogen) atoms. The van der Waals surface area contributed by atoms with Gasteiger partial charge in [0.2, 0.25) is 0 Å². The lowest BCUT2D eigenvalue weighted by atomic mass is 9.85. The fourth-order valence-electron chi connectivity index (χ4n) is 3.26. The average Bonchev–Trinajstić information content (AvgIpc) is 2.74. The number of carbonyl (C=O) groups excluding carboxylic acids is 1. The molecule has 0 N–H and O–H groups in total. The van der Waals surface area contributed by atoms with Crippen molar-refractivity contribution < 1.29 is 4.79 Å². The summed E-state index contributed by atoms with van der Waals surface area (Å²) >= 11 is 6.15. The molecule has 0 saturated carbocycles. The minimum absolute atomic E-state index is 0.0285. The number of nitrogens with zero attached hydrogens (tertiary/aromatic N) is 1. The summed E-state index contributed by atoms with van der Waals surface area (Å²) in [6.45, 7) is 0. The third kappa shape index (κ3) is 3.71. The monoisotopic (exact) mass is 371 g/mol. The highest BCUT2D eigenvalue weighted by molar-refractivity contribution is 6.30. The molecule has 132 valence electrons. The molecule has 1 atom stereocenters. The maximum absolute atomic E-state index is 13.3. The fraction of sp³-hybridized carbons (Fsp3) is 0.0417. The summed E-state index contributed by atoms with van der Waals surface area (Å²) in [5.41, 5.74) is 3.43. The van der Waals surface area contributed by atoms with Crippen LogP contribution < -0.4 is 4.90 Å². The van der Waals surface area contributed by atoms with Crippen LogP contribution in [0.25, 0.3) is 0 Å². The summed E-state index contributed by atoms with van der Waals surface area (Å²) < 4.78 is 0. The summed E-state index contributed by atoms with van der Waals surface area (Å²) in [5.74, 6) is -0.0600. The lowest BCUT2D eigenvalue weighted by molar-refractivity contribution is 0.102. The van der Waals surface area contributed by atoms with Crippen molar-refractivity contribution in [3.8, 4) is 0 Å². The molecule has 0 amide bonds. The molecular formula is C24H18ClNO. The number of halogens is 1. The van der Waals surface area contributed by atoms with E-state index in [4.69, 9.17) is 11.6 Å². The van der Waals surface area contributed by atoms with E-state index in [-0.39, 0.29) is 11.7 Å². The Kier molecular flexibility index (Phi) is 4.91. The summed E-state index contributed by atoms with van der Waals surface area (Å²) in [5, 5.41) is 0.662. The predicted molar refractivity (Wildman–Crippen MR) is 111 cm³/mol. The Bertz CT molecular complexity index is 1010. The van der Waals surface area contributed by atoms with Crippen LogP contribution in [0.5, 0.6) is 0 Å². The smallest absolute Gasteiger partial charge is 0.191 e. The van der Waals surface area contributed by atoms with Crippen molar-refractivity contribution in [1.29, 1.82) is 0 Å². The van der Waals surface area contributed by atoms with E-state index in [2.05, 4.69) is 18.2 Å². The van der Waals surface area contributed by atoms with Crippen molar-refractivity contribution in [3.05, 3.63) is 125 Å². The van der Waals surface area contributed by atoms with Gasteiger partial charge < -0.3 is 4.90 Å². The van der Waals surface area contributed by atoms with Crippen molar-refractivity contribution in [2.75, 3.05) is 4.90 Å². The van der Waals surface area contributed by atoms with Gasteiger partial charge in [0.1, 0.15) is 0 Å². The number of allylic oxidation sites excluding steroid dienone is 2. The van der Waals surface area contributed by atoms with Crippen molar-refractivity contribution >= 4 is 23.1 Å². The third-order valence-electron chi connectivity index (χ3n) is 4.62. The molecule has 3 aromatic carbocycles. The van der Waals surface area contributed by atoms with Gasteiger partial charge in [0.25, 0.3) is 0 Å². The molecule has 0 saturated heterocycles. The van der Waals surface area contributed by atoms with Gasteiger partial charge in [-0.15, -0.1) is 0 Å². The van der Waals surface area contributed by atoms with Crippen molar-refractivity contribution in [1.82, 2.24) is 0 Å². The molecule has 0 radical (unpaired) electrons. The normalized spacial score (nSPS) is 16.1. The van der Waals surface area contributed by atoms with Crippen LogP contribution in [0.15, 0.2) is 109 Å². The maximum atomic E-state index is 13.3. The highest BCUT2D eigenvalue weighted by Gasteiger charge is 2.25. The topological polar surface area (TPSA) is 20.3 Å². The fourth-order valence-corrected chi connectivity index (χ4v) is 3.44. The van der Waals surface area contributed by atoms with E-state index in [1.807, 2.05) is 90.1 Å². The van der Waals surface area contributed by atoms with Gasteiger partial charge in [0.15, 0.2) is 5.78 Å². The number of ketones is 1. The first-order valence-corrected chi connectivity index (χ1v) is 9.19. The lowest BCUT2D eigenvalue weighted by Crippen LogP contribution is -2.21. The predicted octanol–water partition coefficient (Wildman–Crippen LogP) is 6.22. The number of Topliss-reactive ketones (excluding diaryl/α,β-unsaturated/α-hetero) is 1. The number of carbonyl (C=O) groups is 1. The number of anilines is 1.